The van der Waals surface area contributed by atoms with E-state index >= 15 is 0 Å². The Labute approximate surface area is 193 Å². The number of amides is 3. The van der Waals surface area contributed by atoms with Gasteiger partial charge in [0.2, 0.25) is 0 Å². The predicted molar refractivity (Wildman–Crippen MR) is 126 cm³/mol. The van der Waals surface area contributed by atoms with Crippen LogP contribution >= 0.6 is 11.3 Å². The number of urea groups is 1. The first-order valence-corrected chi connectivity index (χ1v) is 11.0. The molecule has 3 heterocycles. The first-order chi connectivity index (χ1) is 15.9. The summed E-state index contributed by atoms with van der Waals surface area (Å²) in [6.45, 7) is 0.00729. The van der Waals surface area contributed by atoms with Crippen molar-refractivity contribution >= 4 is 39.2 Å². The highest BCUT2D eigenvalue weighted by atomic mass is 32.1. The van der Waals surface area contributed by atoms with Crippen LogP contribution in [0.3, 0.4) is 0 Å². The third kappa shape index (κ3) is 3.44. The van der Waals surface area contributed by atoms with Gasteiger partial charge in [-0.3, -0.25) is 10.1 Å². The van der Waals surface area contributed by atoms with Gasteiger partial charge < -0.3 is 25.0 Å². The molecular weight excluding hydrogens is 442 g/mol. The lowest BCUT2D eigenvalue weighted by atomic mass is 9.89. The summed E-state index contributed by atoms with van der Waals surface area (Å²) in [4.78, 5) is 29.7. The summed E-state index contributed by atoms with van der Waals surface area (Å²) >= 11 is 1.50. The molecule has 3 amide bonds. The summed E-state index contributed by atoms with van der Waals surface area (Å²) in [6.07, 6.45) is 1.74. The highest BCUT2D eigenvalue weighted by molar-refractivity contribution is 7.14. The van der Waals surface area contributed by atoms with Crippen LogP contribution in [0.1, 0.15) is 5.56 Å². The summed E-state index contributed by atoms with van der Waals surface area (Å²) in [5.41, 5.74) is 0.907. The van der Waals surface area contributed by atoms with Crippen molar-refractivity contribution in [2.75, 3.05) is 19.5 Å². The standard InChI is InChI=1S/C23H21N5O4S/c1-24-22-25-18(11-33-22)13-3-6-15(7-4-13)23(20(30)26-21(31)27-23)12-28-10-14-5-8-16(32-2)9-17(14)19(28)29/h3-11,29H,12H2,1-2H3,(H,24,25)(H2,26,27,30,31)/t23-/m0/s1. The van der Waals surface area contributed by atoms with E-state index in [0.717, 1.165) is 21.8 Å². The molecule has 1 saturated heterocycles. The fourth-order valence-electron chi connectivity index (χ4n) is 4.07. The van der Waals surface area contributed by atoms with E-state index in [4.69, 9.17) is 4.74 Å². The van der Waals surface area contributed by atoms with Gasteiger partial charge in [-0.05, 0) is 23.8 Å². The van der Waals surface area contributed by atoms with E-state index in [1.54, 1.807) is 42.1 Å². The van der Waals surface area contributed by atoms with Crippen molar-refractivity contribution < 1.29 is 19.4 Å². The Hall–Kier alpha value is -4.05. The molecule has 1 aliphatic heterocycles. The van der Waals surface area contributed by atoms with Gasteiger partial charge in [0, 0.05) is 35.0 Å². The molecule has 9 nitrogen and oxygen atoms in total. The van der Waals surface area contributed by atoms with E-state index < -0.39 is 17.5 Å². The fourth-order valence-corrected chi connectivity index (χ4v) is 4.75. The van der Waals surface area contributed by atoms with Crippen LogP contribution < -0.4 is 20.7 Å². The molecule has 4 N–H and O–H groups in total. The minimum Gasteiger partial charge on any atom is -0.497 e. The zero-order valence-electron chi connectivity index (χ0n) is 17.9. The van der Waals surface area contributed by atoms with Gasteiger partial charge in [-0.25, -0.2) is 9.78 Å². The number of fused-ring (bicyclic) bond motifs is 1. The molecule has 1 fully saturated rings. The van der Waals surface area contributed by atoms with E-state index in [1.165, 1.54) is 11.3 Å². The quantitative estimate of drug-likeness (QED) is 0.326. The Kier molecular flexibility index (Phi) is 4.94. The number of ether oxygens (including phenoxy) is 1. The Morgan fingerprint density at radius 3 is 2.64 bits per heavy atom. The monoisotopic (exact) mass is 463 g/mol. The van der Waals surface area contributed by atoms with Crippen molar-refractivity contribution in [2.45, 2.75) is 12.1 Å². The van der Waals surface area contributed by atoms with Crippen LogP contribution in [0.25, 0.3) is 22.0 Å². The van der Waals surface area contributed by atoms with E-state index in [0.29, 0.717) is 16.7 Å². The third-order valence-corrected chi connectivity index (χ3v) is 6.67. The molecule has 4 aromatic rings. The van der Waals surface area contributed by atoms with Crippen LogP contribution in [0.4, 0.5) is 9.93 Å². The maximum atomic E-state index is 13.0. The van der Waals surface area contributed by atoms with Gasteiger partial charge in [0.25, 0.3) is 5.91 Å². The molecule has 10 heteroatoms. The number of nitrogens with zero attached hydrogens (tertiary/aromatic N) is 2. The molecule has 1 aliphatic rings. The average molecular weight is 464 g/mol. The SMILES string of the molecule is CNc1nc(-c2ccc([C@]3(Cn4cc5ccc(OC)cc5c4O)NC(=O)NC3=O)cc2)cs1. The van der Waals surface area contributed by atoms with Gasteiger partial charge in [-0.15, -0.1) is 11.3 Å². The number of rotatable bonds is 6. The molecule has 0 unspecified atom stereocenters. The molecular formula is C23H21N5O4S. The molecule has 0 radical (unpaired) electrons. The van der Waals surface area contributed by atoms with Crippen molar-refractivity contribution in [1.82, 2.24) is 20.2 Å². The van der Waals surface area contributed by atoms with Crippen LogP contribution in [0.2, 0.25) is 0 Å². The second kappa shape index (κ2) is 7.82. The van der Waals surface area contributed by atoms with Gasteiger partial charge in [-0.2, -0.15) is 0 Å². The number of benzene rings is 2. The Balaban J connectivity index is 1.54. The van der Waals surface area contributed by atoms with E-state index in [2.05, 4.69) is 20.9 Å². The zero-order valence-corrected chi connectivity index (χ0v) is 18.7. The number of methoxy groups -OCH3 is 1. The van der Waals surface area contributed by atoms with Crippen LogP contribution in [-0.2, 0) is 16.9 Å². The summed E-state index contributed by atoms with van der Waals surface area (Å²) in [7, 11) is 3.37. The number of hydrogen-bond donors (Lipinski definition) is 4. The second-order valence-corrected chi connectivity index (χ2v) is 8.57. The van der Waals surface area contributed by atoms with Crippen LogP contribution in [-0.4, -0.2) is 40.8 Å². The van der Waals surface area contributed by atoms with Gasteiger partial charge in [-0.1, -0.05) is 24.3 Å². The normalized spacial score (nSPS) is 17.8. The van der Waals surface area contributed by atoms with Gasteiger partial charge in [0.1, 0.15) is 5.75 Å². The second-order valence-electron chi connectivity index (χ2n) is 7.71. The van der Waals surface area contributed by atoms with Crippen molar-refractivity contribution in [3.63, 3.8) is 0 Å². The number of aromatic hydroxyl groups is 1. The smallest absolute Gasteiger partial charge is 0.322 e. The number of imide groups is 1. The van der Waals surface area contributed by atoms with Crippen molar-refractivity contribution in [1.29, 1.82) is 0 Å². The number of hydrogen-bond acceptors (Lipinski definition) is 7. The Morgan fingerprint density at radius 2 is 2.00 bits per heavy atom. The zero-order chi connectivity index (χ0) is 23.2. The van der Waals surface area contributed by atoms with Crippen LogP contribution in [0.15, 0.2) is 54.0 Å². The molecule has 33 heavy (non-hydrogen) atoms. The van der Waals surface area contributed by atoms with Crippen LogP contribution in [0, 0.1) is 0 Å². The van der Waals surface area contributed by atoms with Crippen molar-refractivity contribution in [3.8, 4) is 22.9 Å². The van der Waals surface area contributed by atoms with E-state index in [9.17, 15) is 14.7 Å². The minimum absolute atomic E-state index is 0.00729. The topological polar surface area (TPSA) is 118 Å². The summed E-state index contributed by atoms with van der Waals surface area (Å²) in [5.74, 6) is 0.105. The van der Waals surface area contributed by atoms with Gasteiger partial charge in [0.05, 0.1) is 19.3 Å². The molecule has 1 atom stereocenters. The highest BCUT2D eigenvalue weighted by Crippen LogP contribution is 2.35. The fraction of sp³-hybridized carbons (Fsp3) is 0.174. The van der Waals surface area contributed by atoms with E-state index in [1.807, 2.05) is 30.6 Å². The lowest BCUT2D eigenvalue weighted by molar-refractivity contribution is -0.124. The maximum Gasteiger partial charge on any atom is 0.322 e. The molecule has 2 aromatic carbocycles. The summed E-state index contributed by atoms with van der Waals surface area (Å²) in [5, 5.41) is 23.1. The largest absolute Gasteiger partial charge is 0.497 e. The number of anilines is 1. The number of carbonyl (C=O) groups is 2. The van der Waals surface area contributed by atoms with Gasteiger partial charge in [0.15, 0.2) is 16.6 Å². The molecule has 168 valence electrons. The lowest BCUT2D eigenvalue weighted by Gasteiger charge is -2.27. The molecule has 0 spiro atoms. The third-order valence-electron chi connectivity index (χ3n) is 5.81. The highest BCUT2D eigenvalue weighted by Gasteiger charge is 2.48. The molecule has 0 aliphatic carbocycles. The van der Waals surface area contributed by atoms with Crippen molar-refractivity contribution in [3.05, 3.63) is 59.6 Å². The number of nitrogens with one attached hydrogen (secondary N) is 3. The Bertz CT molecular complexity index is 1380. The first kappa shape index (κ1) is 20.8. The van der Waals surface area contributed by atoms with Crippen LogP contribution in [0.5, 0.6) is 11.6 Å². The molecule has 0 bridgehead atoms. The molecule has 2 aromatic heterocycles. The average Bonchev–Trinajstić information content (AvgIpc) is 3.50. The first-order valence-electron chi connectivity index (χ1n) is 10.2. The number of thiazole rings is 1. The van der Waals surface area contributed by atoms with E-state index in [-0.39, 0.29) is 12.4 Å². The minimum atomic E-state index is -1.38. The molecule has 0 saturated carbocycles. The summed E-state index contributed by atoms with van der Waals surface area (Å²) in [6, 6.07) is 12.1. The summed E-state index contributed by atoms with van der Waals surface area (Å²) < 4.78 is 6.81. The Morgan fingerprint density at radius 1 is 1.21 bits per heavy atom. The maximum absolute atomic E-state index is 13.0. The number of aromatic nitrogens is 2. The lowest BCUT2D eigenvalue weighted by Crippen LogP contribution is -2.47. The predicted octanol–water partition coefficient (Wildman–Crippen LogP) is 3.26. The number of carbonyl (C=O) groups excluding carboxylic acids is 2. The van der Waals surface area contributed by atoms with Gasteiger partial charge >= 0.3 is 6.03 Å². The molecule has 5 rings (SSSR count). The van der Waals surface area contributed by atoms with Crippen molar-refractivity contribution in [2.24, 2.45) is 0 Å².